The highest BCUT2D eigenvalue weighted by Crippen LogP contribution is 2.44. The molecule has 0 aliphatic carbocycles. The Hall–Kier alpha value is -4.64. The number of rotatable bonds is 6. The number of nitrogens with one attached hydrogen (secondary N) is 2. The molecule has 0 spiro atoms. The molecule has 2 heterocycles. The quantitative estimate of drug-likeness (QED) is 0.211. The summed E-state index contributed by atoms with van der Waals surface area (Å²) < 4.78 is 101. The number of hydrogen-bond donors (Lipinski definition) is 2. The second-order valence-electron chi connectivity index (χ2n) is 11.2. The lowest BCUT2D eigenvalue weighted by Gasteiger charge is -2.37. The summed E-state index contributed by atoms with van der Waals surface area (Å²) in [5.74, 6) is -1.52. The first kappa shape index (κ1) is 32.7. The Kier molecular flexibility index (Phi) is 8.99. The Bertz CT molecular complexity index is 1600. The van der Waals surface area contributed by atoms with Crippen molar-refractivity contribution in [2.45, 2.75) is 62.3 Å². The maximum atomic E-state index is 13.8. The van der Waals surface area contributed by atoms with Crippen LogP contribution in [0.1, 0.15) is 54.0 Å². The second-order valence-corrected chi connectivity index (χ2v) is 11.2. The van der Waals surface area contributed by atoms with Crippen LogP contribution in [0.5, 0.6) is 0 Å². The molecule has 5 rings (SSSR count). The van der Waals surface area contributed by atoms with E-state index in [1.165, 1.54) is 48.2 Å². The van der Waals surface area contributed by atoms with E-state index in [1.807, 2.05) is 0 Å². The topological polar surface area (TPSA) is 75.0 Å². The first-order valence-electron chi connectivity index (χ1n) is 14.2. The Balaban J connectivity index is 1.39. The standard InChI is InChI=1S/C32H27F7N4O3/c1-17(19-11-20(31(34,35)36)13-21(12-19)32(37,38)39)46-27-16-43-26(29(27)18-3-5-22(33)6-4-18)14-25(15-28(43)44)42-30(45)41-24-9-7-23(40-2)8-10-24/h3-13,17,25-27,29H,14-16H2,1H3,(H2,41,42,45)/t17-,25?,26+,27+,29+/m1/s1. The summed E-state index contributed by atoms with van der Waals surface area (Å²) in [5, 5.41) is 5.41. The number of urea groups is 1. The first-order valence-corrected chi connectivity index (χ1v) is 14.2. The maximum Gasteiger partial charge on any atom is 0.416 e. The largest absolute Gasteiger partial charge is 0.416 e. The fraction of sp³-hybridized carbons (Fsp3) is 0.344. The van der Waals surface area contributed by atoms with Crippen molar-refractivity contribution in [3.63, 3.8) is 0 Å². The minimum absolute atomic E-state index is 0.0205. The van der Waals surface area contributed by atoms with Gasteiger partial charge in [-0.2, -0.15) is 26.3 Å². The molecule has 2 saturated heterocycles. The molecule has 5 atom stereocenters. The highest BCUT2D eigenvalue weighted by atomic mass is 19.4. The zero-order chi connectivity index (χ0) is 33.4. The van der Waals surface area contributed by atoms with E-state index in [0.717, 1.165) is 0 Å². The summed E-state index contributed by atoms with van der Waals surface area (Å²) in [6.07, 6.45) is -12.0. The first-order chi connectivity index (χ1) is 21.6. The number of benzene rings is 3. The number of ether oxygens (including phenoxy) is 1. The van der Waals surface area contributed by atoms with Gasteiger partial charge in [-0.05, 0) is 66.9 Å². The summed E-state index contributed by atoms with van der Waals surface area (Å²) in [7, 11) is 0. The van der Waals surface area contributed by atoms with Crippen molar-refractivity contribution >= 4 is 23.3 Å². The lowest BCUT2D eigenvalue weighted by Crippen LogP contribution is -2.52. The van der Waals surface area contributed by atoms with Crippen LogP contribution in [0.25, 0.3) is 4.85 Å². The van der Waals surface area contributed by atoms with Gasteiger partial charge in [0.1, 0.15) is 5.82 Å². The van der Waals surface area contributed by atoms with Crippen molar-refractivity contribution in [3.8, 4) is 0 Å². The van der Waals surface area contributed by atoms with Gasteiger partial charge in [-0.3, -0.25) is 4.79 Å². The van der Waals surface area contributed by atoms with E-state index in [0.29, 0.717) is 29.1 Å². The van der Waals surface area contributed by atoms with Gasteiger partial charge in [0.15, 0.2) is 5.69 Å². The van der Waals surface area contributed by atoms with E-state index in [1.54, 1.807) is 12.1 Å². The van der Waals surface area contributed by atoms with Gasteiger partial charge in [0, 0.05) is 36.7 Å². The van der Waals surface area contributed by atoms with E-state index in [2.05, 4.69) is 15.5 Å². The smallest absolute Gasteiger partial charge is 0.368 e. The van der Waals surface area contributed by atoms with E-state index in [4.69, 9.17) is 11.3 Å². The number of halogens is 7. The zero-order valence-corrected chi connectivity index (χ0v) is 24.1. The summed E-state index contributed by atoms with van der Waals surface area (Å²) >= 11 is 0. The Labute approximate surface area is 259 Å². The zero-order valence-electron chi connectivity index (χ0n) is 24.1. The van der Waals surface area contributed by atoms with Crippen molar-refractivity contribution in [1.29, 1.82) is 0 Å². The molecule has 2 aliphatic rings. The average molecular weight is 649 g/mol. The number of carbonyl (C=O) groups is 2. The van der Waals surface area contributed by atoms with Crippen LogP contribution in [0.4, 0.5) is 46.9 Å². The number of piperidine rings is 1. The van der Waals surface area contributed by atoms with Gasteiger partial charge in [-0.1, -0.05) is 24.3 Å². The summed E-state index contributed by atoms with van der Waals surface area (Å²) in [6.45, 7) is 8.34. The number of fused-ring (bicyclic) bond motifs is 1. The molecule has 46 heavy (non-hydrogen) atoms. The molecule has 0 radical (unpaired) electrons. The second kappa shape index (κ2) is 12.6. The molecular weight excluding hydrogens is 621 g/mol. The molecule has 242 valence electrons. The third-order valence-electron chi connectivity index (χ3n) is 8.16. The number of carbonyl (C=O) groups excluding carboxylic acids is 2. The number of nitrogens with zero attached hydrogens (tertiary/aromatic N) is 2. The number of anilines is 1. The molecule has 3 amide bonds. The number of amides is 3. The van der Waals surface area contributed by atoms with Crippen LogP contribution < -0.4 is 10.6 Å². The van der Waals surface area contributed by atoms with E-state index < -0.39 is 65.5 Å². The fourth-order valence-corrected chi connectivity index (χ4v) is 6.03. The van der Waals surface area contributed by atoms with Crippen LogP contribution in [0, 0.1) is 12.4 Å². The monoisotopic (exact) mass is 648 g/mol. The van der Waals surface area contributed by atoms with Crippen molar-refractivity contribution in [2.24, 2.45) is 0 Å². The lowest BCUT2D eigenvalue weighted by atomic mass is 9.84. The van der Waals surface area contributed by atoms with Crippen molar-refractivity contribution in [1.82, 2.24) is 10.2 Å². The average Bonchev–Trinajstić information content (AvgIpc) is 3.35. The van der Waals surface area contributed by atoms with E-state index in [-0.39, 0.29) is 36.9 Å². The van der Waals surface area contributed by atoms with Crippen molar-refractivity contribution in [3.05, 3.63) is 106 Å². The molecule has 2 N–H and O–H groups in total. The molecule has 2 aliphatic heterocycles. The molecular formula is C32H27F7N4O3. The van der Waals surface area contributed by atoms with Crippen LogP contribution in [0.2, 0.25) is 0 Å². The lowest BCUT2D eigenvalue weighted by molar-refractivity contribution is -0.143. The van der Waals surface area contributed by atoms with Gasteiger partial charge >= 0.3 is 18.4 Å². The van der Waals surface area contributed by atoms with Crippen LogP contribution in [0.3, 0.4) is 0 Å². The van der Waals surface area contributed by atoms with Gasteiger partial charge in [0.25, 0.3) is 0 Å². The molecule has 2 fully saturated rings. The normalized spacial score (nSPS) is 22.2. The number of hydrogen-bond acceptors (Lipinski definition) is 3. The van der Waals surface area contributed by atoms with Crippen LogP contribution in [-0.2, 0) is 21.9 Å². The molecule has 3 aromatic carbocycles. The molecule has 3 aromatic rings. The van der Waals surface area contributed by atoms with Crippen molar-refractivity contribution in [2.75, 3.05) is 11.9 Å². The molecule has 0 bridgehead atoms. The Morgan fingerprint density at radius 1 is 0.978 bits per heavy atom. The minimum atomic E-state index is -5.04. The predicted molar refractivity (Wildman–Crippen MR) is 152 cm³/mol. The molecule has 7 nitrogen and oxygen atoms in total. The van der Waals surface area contributed by atoms with Crippen LogP contribution in [-0.4, -0.2) is 41.6 Å². The van der Waals surface area contributed by atoms with E-state index >= 15 is 0 Å². The fourth-order valence-electron chi connectivity index (χ4n) is 6.03. The third kappa shape index (κ3) is 7.25. The predicted octanol–water partition coefficient (Wildman–Crippen LogP) is 7.84. The number of alkyl halides is 6. The van der Waals surface area contributed by atoms with E-state index in [9.17, 15) is 40.3 Å². The molecule has 0 saturated carbocycles. The van der Waals surface area contributed by atoms with Gasteiger partial charge in [0.05, 0.1) is 29.9 Å². The SMILES string of the molecule is [C-]#[N+]c1ccc(NC(=O)NC2CC(=O)N3C[C@H](O[C@H](C)c4cc(C(F)(F)F)cc(C(F)(F)F)c4)[C@@H](c4ccc(F)cc4)[C@@H]3C2)cc1. The van der Waals surface area contributed by atoms with Gasteiger partial charge < -0.3 is 20.3 Å². The highest BCUT2D eigenvalue weighted by Gasteiger charge is 2.49. The molecule has 1 unspecified atom stereocenters. The Morgan fingerprint density at radius 3 is 2.15 bits per heavy atom. The van der Waals surface area contributed by atoms with Crippen LogP contribution >= 0.6 is 0 Å². The minimum Gasteiger partial charge on any atom is -0.368 e. The highest BCUT2D eigenvalue weighted by molar-refractivity contribution is 5.90. The van der Waals surface area contributed by atoms with Gasteiger partial charge in [0.2, 0.25) is 5.91 Å². The third-order valence-corrected chi connectivity index (χ3v) is 8.16. The summed E-state index contributed by atoms with van der Waals surface area (Å²) in [6, 6.07) is 11.0. The van der Waals surface area contributed by atoms with Gasteiger partial charge in [-0.25, -0.2) is 14.0 Å². The Morgan fingerprint density at radius 2 is 1.59 bits per heavy atom. The maximum absolute atomic E-state index is 13.8. The van der Waals surface area contributed by atoms with Crippen LogP contribution in [0.15, 0.2) is 66.7 Å². The summed E-state index contributed by atoms with van der Waals surface area (Å²) in [5.41, 5.74) is -1.95. The molecule has 0 aromatic heterocycles. The molecule has 14 heteroatoms. The van der Waals surface area contributed by atoms with Crippen molar-refractivity contribution < 1.29 is 45.1 Å². The summed E-state index contributed by atoms with van der Waals surface area (Å²) in [4.78, 5) is 30.9. The van der Waals surface area contributed by atoms with Gasteiger partial charge in [-0.15, -0.1) is 0 Å².